The van der Waals surface area contributed by atoms with Gasteiger partial charge in [-0.3, -0.25) is 14.9 Å². The second-order valence-electron chi connectivity index (χ2n) is 3.77. The summed E-state index contributed by atoms with van der Waals surface area (Å²) in [5.74, 6) is 0.246. The van der Waals surface area contributed by atoms with Gasteiger partial charge in [0.15, 0.2) is 5.82 Å². The maximum atomic E-state index is 11.2. The number of nitrogens with one attached hydrogen (secondary N) is 2. The number of nitrogen functional groups attached to an aromatic ring is 1. The Morgan fingerprint density at radius 1 is 1.47 bits per heavy atom. The van der Waals surface area contributed by atoms with Gasteiger partial charge in [-0.05, 0) is 5.56 Å². The molecule has 98 valence electrons. The zero-order chi connectivity index (χ0) is 13.8. The van der Waals surface area contributed by atoms with Gasteiger partial charge in [-0.25, -0.2) is 4.98 Å². The van der Waals surface area contributed by atoms with Crippen molar-refractivity contribution in [3.63, 3.8) is 0 Å². The number of H-pyrrole nitrogens is 1. The van der Waals surface area contributed by atoms with Gasteiger partial charge in [-0.15, -0.1) is 0 Å². The summed E-state index contributed by atoms with van der Waals surface area (Å²) in [4.78, 5) is 27.6. The van der Waals surface area contributed by atoms with Crippen molar-refractivity contribution < 1.29 is 4.92 Å². The molecule has 0 atom stereocenters. The smallest absolute Gasteiger partial charge is 0.276 e. The van der Waals surface area contributed by atoms with Crippen LogP contribution >= 0.6 is 0 Å². The lowest BCUT2D eigenvalue weighted by Crippen LogP contribution is -2.16. The van der Waals surface area contributed by atoms with Crippen molar-refractivity contribution in [3.8, 4) is 0 Å². The fraction of sp³-hybridized carbons (Fsp3) is 0.0909. The molecule has 1 heterocycles. The van der Waals surface area contributed by atoms with Gasteiger partial charge in [0.05, 0.1) is 11.3 Å². The Hall–Kier alpha value is -2.90. The molecule has 2 aromatic rings. The van der Waals surface area contributed by atoms with Crippen molar-refractivity contribution in [1.82, 2.24) is 9.97 Å². The summed E-state index contributed by atoms with van der Waals surface area (Å²) in [7, 11) is 0. The lowest BCUT2D eigenvalue weighted by atomic mass is 10.2. The monoisotopic (exact) mass is 261 g/mol. The van der Waals surface area contributed by atoms with E-state index in [-0.39, 0.29) is 23.7 Å². The van der Waals surface area contributed by atoms with Crippen molar-refractivity contribution in [1.29, 1.82) is 0 Å². The molecule has 2 rings (SSSR count). The minimum absolute atomic E-state index is 0.00569. The number of non-ortho nitro benzene ring substituents is 1. The Balaban J connectivity index is 2.14. The van der Waals surface area contributed by atoms with E-state index < -0.39 is 10.5 Å². The molecule has 1 aromatic heterocycles. The maximum absolute atomic E-state index is 11.2. The average molecular weight is 261 g/mol. The number of benzene rings is 1. The highest BCUT2D eigenvalue weighted by Crippen LogP contribution is 2.15. The summed E-state index contributed by atoms with van der Waals surface area (Å²) in [6.45, 7) is 0.280. The van der Waals surface area contributed by atoms with Crippen LogP contribution in [0, 0.1) is 10.1 Å². The van der Waals surface area contributed by atoms with E-state index in [4.69, 9.17) is 5.73 Å². The van der Waals surface area contributed by atoms with Crippen molar-refractivity contribution >= 4 is 17.2 Å². The SMILES string of the molecule is Nc1c(NCc2cccc([N+](=O)[O-])c2)nc[nH]c1=O. The van der Waals surface area contributed by atoms with Crippen LogP contribution < -0.4 is 16.6 Å². The molecule has 0 bridgehead atoms. The third-order valence-corrected chi connectivity index (χ3v) is 2.47. The van der Waals surface area contributed by atoms with Crippen LogP contribution in [0.25, 0.3) is 0 Å². The van der Waals surface area contributed by atoms with Crippen LogP contribution in [0.4, 0.5) is 17.2 Å². The Morgan fingerprint density at radius 3 is 3.00 bits per heavy atom. The molecule has 8 heteroatoms. The molecule has 0 aliphatic heterocycles. The van der Waals surface area contributed by atoms with Crippen molar-refractivity contribution in [2.24, 2.45) is 0 Å². The standard InChI is InChI=1S/C11H11N5O3/c12-9-10(14-6-15-11(9)17)13-5-7-2-1-3-8(4-7)16(18)19/h1-4,6H,5,12H2,(H2,13,14,15,17). The first kappa shape index (κ1) is 12.6. The Kier molecular flexibility index (Phi) is 3.42. The van der Waals surface area contributed by atoms with Gasteiger partial charge in [-0.1, -0.05) is 12.1 Å². The number of nitrogens with two attached hydrogens (primary N) is 1. The lowest BCUT2D eigenvalue weighted by molar-refractivity contribution is -0.384. The maximum Gasteiger partial charge on any atom is 0.276 e. The topological polar surface area (TPSA) is 127 Å². The highest BCUT2D eigenvalue weighted by atomic mass is 16.6. The predicted molar refractivity (Wildman–Crippen MR) is 69.7 cm³/mol. The number of aromatic amines is 1. The minimum atomic E-state index is -0.469. The quantitative estimate of drug-likeness (QED) is 0.553. The van der Waals surface area contributed by atoms with Crippen LogP contribution in [0.1, 0.15) is 5.56 Å². The van der Waals surface area contributed by atoms with Crippen LogP contribution in [-0.2, 0) is 6.54 Å². The fourth-order valence-electron chi connectivity index (χ4n) is 1.52. The van der Waals surface area contributed by atoms with Crippen LogP contribution in [0.2, 0.25) is 0 Å². The van der Waals surface area contributed by atoms with E-state index in [1.807, 2.05) is 0 Å². The second kappa shape index (κ2) is 5.17. The number of nitrogens with zero attached hydrogens (tertiary/aromatic N) is 2. The summed E-state index contributed by atoms with van der Waals surface area (Å²) in [6.07, 6.45) is 1.23. The van der Waals surface area contributed by atoms with Crippen molar-refractivity contribution in [2.75, 3.05) is 11.1 Å². The molecule has 0 spiro atoms. The van der Waals surface area contributed by atoms with Gasteiger partial charge in [0.25, 0.3) is 11.2 Å². The zero-order valence-electron chi connectivity index (χ0n) is 9.79. The van der Waals surface area contributed by atoms with E-state index in [0.717, 1.165) is 0 Å². The summed E-state index contributed by atoms with van der Waals surface area (Å²) in [5, 5.41) is 13.5. The molecular weight excluding hydrogens is 250 g/mol. The highest BCUT2D eigenvalue weighted by molar-refractivity contribution is 5.59. The number of nitro benzene ring substituents is 1. The first-order valence-electron chi connectivity index (χ1n) is 5.38. The number of anilines is 2. The predicted octanol–water partition coefficient (Wildman–Crippen LogP) is 0.872. The van der Waals surface area contributed by atoms with Crippen LogP contribution in [0.5, 0.6) is 0 Å². The Morgan fingerprint density at radius 2 is 2.26 bits per heavy atom. The van der Waals surface area contributed by atoms with Gasteiger partial charge in [-0.2, -0.15) is 0 Å². The van der Waals surface area contributed by atoms with Gasteiger partial charge >= 0.3 is 0 Å². The van der Waals surface area contributed by atoms with Crippen molar-refractivity contribution in [3.05, 3.63) is 56.6 Å². The van der Waals surface area contributed by atoms with E-state index in [9.17, 15) is 14.9 Å². The molecule has 0 radical (unpaired) electrons. The number of hydrogen-bond donors (Lipinski definition) is 3. The molecule has 4 N–H and O–H groups in total. The molecule has 1 aromatic carbocycles. The molecule has 0 saturated carbocycles. The third-order valence-electron chi connectivity index (χ3n) is 2.47. The molecule has 0 fully saturated rings. The number of nitro groups is 1. The summed E-state index contributed by atoms with van der Waals surface area (Å²) in [5.41, 5.74) is 5.79. The number of rotatable bonds is 4. The summed E-state index contributed by atoms with van der Waals surface area (Å²) < 4.78 is 0. The molecule has 19 heavy (non-hydrogen) atoms. The molecule has 0 aliphatic rings. The van der Waals surface area contributed by atoms with E-state index in [2.05, 4.69) is 15.3 Å². The molecule has 0 aliphatic carbocycles. The Bertz CT molecular complexity index is 667. The van der Waals surface area contributed by atoms with Crippen molar-refractivity contribution in [2.45, 2.75) is 6.54 Å². The molecule has 8 nitrogen and oxygen atoms in total. The first-order valence-corrected chi connectivity index (χ1v) is 5.38. The van der Waals surface area contributed by atoms with Crippen LogP contribution in [-0.4, -0.2) is 14.9 Å². The molecular formula is C11H11N5O3. The van der Waals surface area contributed by atoms with Crippen LogP contribution in [0.3, 0.4) is 0 Å². The molecule has 0 unspecified atom stereocenters. The van der Waals surface area contributed by atoms with Gasteiger partial charge in [0.1, 0.15) is 5.69 Å². The summed E-state index contributed by atoms with van der Waals surface area (Å²) >= 11 is 0. The van der Waals surface area contributed by atoms with E-state index in [1.165, 1.54) is 18.5 Å². The molecule has 0 saturated heterocycles. The van der Waals surface area contributed by atoms with Gasteiger partial charge in [0.2, 0.25) is 0 Å². The fourth-order valence-corrected chi connectivity index (χ4v) is 1.52. The second-order valence-corrected chi connectivity index (χ2v) is 3.77. The van der Waals surface area contributed by atoms with Gasteiger partial charge in [0, 0.05) is 18.7 Å². The normalized spacial score (nSPS) is 10.1. The van der Waals surface area contributed by atoms with Gasteiger partial charge < -0.3 is 16.0 Å². The van der Waals surface area contributed by atoms with E-state index in [0.29, 0.717) is 5.56 Å². The first-order chi connectivity index (χ1) is 9.08. The number of aromatic nitrogens is 2. The largest absolute Gasteiger partial charge is 0.391 e. The number of hydrogen-bond acceptors (Lipinski definition) is 6. The third kappa shape index (κ3) is 2.86. The van der Waals surface area contributed by atoms with E-state index >= 15 is 0 Å². The average Bonchev–Trinajstić information content (AvgIpc) is 2.41. The molecule has 0 amide bonds. The summed E-state index contributed by atoms with van der Waals surface area (Å²) in [6, 6.07) is 6.16. The minimum Gasteiger partial charge on any atom is -0.391 e. The zero-order valence-corrected chi connectivity index (χ0v) is 9.79. The van der Waals surface area contributed by atoms with E-state index in [1.54, 1.807) is 12.1 Å². The van der Waals surface area contributed by atoms with Crippen LogP contribution in [0.15, 0.2) is 35.4 Å². The Labute approximate surface area is 107 Å². The highest BCUT2D eigenvalue weighted by Gasteiger charge is 2.07. The lowest BCUT2D eigenvalue weighted by Gasteiger charge is -2.07.